The number of nitrogens with one attached hydrogen (secondary N) is 1. The smallest absolute Gasteiger partial charge is 0.436 e. The van der Waals surface area contributed by atoms with Crippen LogP contribution in [0, 0.1) is 0 Å². The highest BCUT2D eigenvalue weighted by atomic mass is 35.5. The van der Waals surface area contributed by atoms with Crippen molar-refractivity contribution in [1.29, 1.82) is 0 Å². The van der Waals surface area contributed by atoms with Crippen LogP contribution in [-0.4, -0.2) is 17.1 Å². The van der Waals surface area contributed by atoms with Crippen LogP contribution in [0.4, 0.5) is 0 Å². The molecule has 54 valence electrons. The van der Waals surface area contributed by atoms with E-state index in [0.29, 0.717) is 0 Å². The molecule has 0 spiro atoms. The minimum atomic E-state index is 0.0561. The summed E-state index contributed by atoms with van der Waals surface area (Å²) < 4.78 is 4.70. The molecule has 0 radical (unpaired) electrons. The van der Waals surface area contributed by atoms with E-state index in [1.807, 2.05) is 0 Å². The first-order valence-electron chi connectivity index (χ1n) is 2.38. The van der Waals surface area contributed by atoms with Gasteiger partial charge in [-0.2, -0.15) is 4.98 Å². The normalized spacial score (nSPS) is 9.50. The van der Waals surface area contributed by atoms with Crippen molar-refractivity contribution < 1.29 is 9.72 Å². The zero-order chi connectivity index (χ0) is 7.56. The summed E-state index contributed by atoms with van der Waals surface area (Å²) in [7, 11) is 1.45. The van der Waals surface area contributed by atoms with Crippen LogP contribution >= 0.6 is 23.2 Å². The van der Waals surface area contributed by atoms with E-state index in [2.05, 4.69) is 15.0 Å². The second-order valence-electron chi connectivity index (χ2n) is 1.42. The molecule has 0 fully saturated rings. The highest BCUT2D eigenvalue weighted by Gasteiger charge is 2.10. The van der Waals surface area contributed by atoms with Gasteiger partial charge in [-0.25, -0.2) is 0 Å². The maximum Gasteiger partial charge on any atom is 0.436 e. The van der Waals surface area contributed by atoms with Crippen molar-refractivity contribution in [3.05, 3.63) is 10.6 Å². The second kappa shape index (κ2) is 2.98. The SMILES string of the molecule is COc1nc(Cl)nc(Cl)[nH+]1. The van der Waals surface area contributed by atoms with Gasteiger partial charge in [0.1, 0.15) is 0 Å². The van der Waals surface area contributed by atoms with Gasteiger partial charge in [-0.1, -0.05) is 0 Å². The van der Waals surface area contributed by atoms with Crippen LogP contribution in [0.2, 0.25) is 10.6 Å². The lowest BCUT2D eigenvalue weighted by atomic mass is 11.0. The minimum absolute atomic E-state index is 0.0561. The molecule has 0 unspecified atom stereocenters. The Labute approximate surface area is 67.2 Å². The Morgan fingerprint density at radius 1 is 1.40 bits per heavy atom. The van der Waals surface area contributed by atoms with Crippen LogP contribution in [0.25, 0.3) is 0 Å². The van der Waals surface area contributed by atoms with Gasteiger partial charge < -0.3 is 4.74 Å². The number of halogens is 2. The van der Waals surface area contributed by atoms with Crippen molar-refractivity contribution in [2.45, 2.75) is 0 Å². The molecule has 0 aliphatic rings. The van der Waals surface area contributed by atoms with E-state index in [1.54, 1.807) is 0 Å². The first-order chi connectivity index (χ1) is 4.72. The average Bonchev–Trinajstić information content (AvgIpc) is 1.85. The molecule has 1 rings (SSSR count). The predicted octanol–water partition coefficient (Wildman–Crippen LogP) is 0.606. The summed E-state index contributed by atoms with van der Waals surface area (Å²) in [6.07, 6.45) is 0. The van der Waals surface area contributed by atoms with Gasteiger partial charge in [0, 0.05) is 0 Å². The Bertz CT molecular complexity index is 222. The van der Waals surface area contributed by atoms with E-state index in [9.17, 15) is 0 Å². The van der Waals surface area contributed by atoms with E-state index in [-0.39, 0.29) is 16.6 Å². The maximum atomic E-state index is 5.46. The van der Waals surface area contributed by atoms with Gasteiger partial charge in [0.15, 0.2) is 0 Å². The number of rotatable bonds is 1. The molecule has 0 aromatic carbocycles. The molecular formula is C4H4Cl2N3O+. The minimum Gasteiger partial charge on any atom is -0.444 e. The van der Waals surface area contributed by atoms with Gasteiger partial charge in [0.25, 0.3) is 0 Å². The molecule has 1 heterocycles. The summed E-state index contributed by atoms with van der Waals surface area (Å²) in [5.41, 5.74) is 0. The van der Waals surface area contributed by atoms with Crippen LogP contribution < -0.4 is 9.72 Å². The molecule has 1 aromatic heterocycles. The Hall–Kier alpha value is -0.610. The molecule has 1 N–H and O–H groups in total. The molecule has 0 aliphatic carbocycles. The molecule has 1 aromatic rings. The third-order valence-electron chi connectivity index (χ3n) is 0.788. The van der Waals surface area contributed by atoms with Gasteiger partial charge in [0.05, 0.1) is 7.11 Å². The molecule has 0 bridgehead atoms. The fourth-order valence-electron chi connectivity index (χ4n) is 0.431. The second-order valence-corrected chi connectivity index (χ2v) is 2.11. The van der Waals surface area contributed by atoms with Crippen LogP contribution in [0.15, 0.2) is 0 Å². The largest absolute Gasteiger partial charge is 0.444 e. The molecular weight excluding hydrogens is 177 g/mol. The Morgan fingerprint density at radius 3 is 2.60 bits per heavy atom. The fourth-order valence-corrected chi connectivity index (χ4v) is 0.796. The lowest BCUT2D eigenvalue weighted by Gasteiger charge is -1.88. The average molecular weight is 181 g/mol. The quantitative estimate of drug-likeness (QED) is 0.637. The van der Waals surface area contributed by atoms with Gasteiger partial charge >= 0.3 is 16.6 Å². The third kappa shape index (κ3) is 1.68. The molecule has 6 heteroatoms. The van der Waals surface area contributed by atoms with E-state index < -0.39 is 0 Å². The Morgan fingerprint density at radius 2 is 2.10 bits per heavy atom. The van der Waals surface area contributed by atoms with E-state index in [1.165, 1.54) is 7.11 Å². The molecule has 0 saturated heterocycles. The topological polar surface area (TPSA) is 49.2 Å². The number of ether oxygens (including phenoxy) is 1. The van der Waals surface area contributed by atoms with Crippen molar-refractivity contribution in [3.63, 3.8) is 0 Å². The van der Waals surface area contributed by atoms with Gasteiger partial charge in [-0.3, -0.25) is 0 Å². The maximum absolute atomic E-state index is 5.46. The summed E-state index contributed by atoms with van der Waals surface area (Å²) >= 11 is 10.9. The zero-order valence-electron chi connectivity index (χ0n) is 5.06. The van der Waals surface area contributed by atoms with E-state index >= 15 is 0 Å². The molecule has 10 heavy (non-hydrogen) atoms. The van der Waals surface area contributed by atoms with Crippen molar-refractivity contribution in [2.75, 3.05) is 7.11 Å². The van der Waals surface area contributed by atoms with Crippen molar-refractivity contribution in [2.24, 2.45) is 0 Å². The molecule has 0 saturated carbocycles. The summed E-state index contributed by atoms with van der Waals surface area (Å²) in [5, 5.41) is 0.206. The number of aromatic nitrogens is 3. The van der Waals surface area contributed by atoms with E-state index in [0.717, 1.165) is 0 Å². The molecule has 0 aliphatic heterocycles. The highest BCUT2D eigenvalue weighted by Crippen LogP contribution is 2.05. The first kappa shape index (κ1) is 7.50. The Kier molecular flexibility index (Phi) is 2.24. The van der Waals surface area contributed by atoms with Crippen molar-refractivity contribution in [1.82, 2.24) is 9.97 Å². The highest BCUT2D eigenvalue weighted by molar-refractivity contribution is 6.30. The fraction of sp³-hybridized carbons (Fsp3) is 0.250. The summed E-state index contributed by atoms with van der Waals surface area (Å²) in [6, 6.07) is 0.241. The lowest BCUT2D eigenvalue weighted by Crippen LogP contribution is -2.12. The molecule has 4 nitrogen and oxygen atoms in total. The van der Waals surface area contributed by atoms with Crippen LogP contribution in [0.5, 0.6) is 6.01 Å². The van der Waals surface area contributed by atoms with Crippen molar-refractivity contribution in [3.8, 4) is 6.01 Å². The number of methoxy groups -OCH3 is 1. The number of nitrogens with zero attached hydrogens (tertiary/aromatic N) is 2. The number of aromatic amines is 1. The van der Waals surface area contributed by atoms with Gasteiger partial charge in [-0.05, 0) is 33.2 Å². The summed E-state index contributed by atoms with van der Waals surface area (Å²) in [4.78, 5) is 9.75. The van der Waals surface area contributed by atoms with Crippen molar-refractivity contribution >= 4 is 23.2 Å². The number of H-pyrrole nitrogens is 1. The van der Waals surface area contributed by atoms with Gasteiger partial charge in [-0.15, -0.1) is 0 Å². The lowest BCUT2D eigenvalue weighted by molar-refractivity contribution is -0.400. The van der Waals surface area contributed by atoms with E-state index in [4.69, 9.17) is 27.9 Å². The molecule has 0 amide bonds. The predicted molar refractivity (Wildman–Crippen MR) is 35.2 cm³/mol. The zero-order valence-corrected chi connectivity index (χ0v) is 6.57. The van der Waals surface area contributed by atoms with Crippen LogP contribution in [0.1, 0.15) is 0 Å². The van der Waals surface area contributed by atoms with Gasteiger partial charge in [0.2, 0.25) is 0 Å². The third-order valence-corrected chi connectivity index (χ3v) is 1.14. The summed E-state index contributed by atoms with van der Waals surface area (Å²) in [6.45, 7) is 0. The number of hydrogen-bond donors (Lipinski definition) is 0. The molecule has 0 atom stereocenters. The standard InChI is InChI=1S/C4H3Cl2N3O/c1-10-4-8-2(5)7-3(6)9-4/h1H3/p+1. The van der Waals surface area contributed by atoms with Crippen LogP contribution in [-0.2, 0) is 0 Å². The number of hydrogen-bond acceptors (Lipinski definition) is 3. The monoisotopic (exact) mass is 180 g/mol. The van der Waals surface area contributed by atoms with Crippen LogP contribution in [0.3, 0.4) is 0 Å². The first-order valence-corrected chi connectivity index (χ1v) is 3.14. The Balaban J connectivity index is 3.06. The summed E-state index contributed by atoms with van der Waals surface area (Å²) in [5.74, 6) is 0.